The van der Waals surface area contributed by atoms with E-state index in [1.165, 1.54) is 56.4 Å². The van der Waals surface area contributed by atoms with Crippen LogP contribution in [0.25, 0.3) is 0 Å². The molecule has 6 rings (SSSR count). The molecular formula is C20H26N2O6S. The number of hydrogen-bond donors (Lipinski definition) is 0. The van der Waals surface area contributed by atoms with Crippen molar-refractivity contribution in [2.45, 2.75) is 55.1 Å². The molecule has 1 atom stereocenters. The lowest BCUT2D eigenvalue weighted by Gasteiger charge is -2.61. The molecule has 1 saturated heterocycles. The Hall–Kier alpha value is -1.55. The highest BCUT2D eigenvalue weighted by Gasteiger charge is 2.62. The van der Waals surface area contributed by atoms with Gasteiger partial charge >= 0.3 is 0 Å². The fourth-order valence-electron chi connectivity index (χ4n) is 6.76. The smallest absolute Gasteiger partial charge is 0.293 e. The lowest BCUT2D eigenvalue weighted by molar-refractivity contribution is -0.384. The molecule has 0 aromatic heterocycles. The maximum atomic E-state index is 12.5. The van der Waals surface area contributed by atoms with Gasteiger partial charge in [0, 0.05) is 19.2 Å². The van der Waals surface area contributed by atoms with E-state index in [9.17, 15) is 18.5 Å². The van der Waals surface area contributed by atoms with E-state index >= 15 is 0 Å². The van der Waals surface area contributed by atoms with Crippen LogP contribution < -0.4 is 0 Å². The molecular weight excluding hydrogens is 396 g/mol. The molecule has 0 unspecified atom stereocenters. The van der Waals surface area contributed by atoms with Crippen LogP contribution in [-0.2, 0) is 19.1 Å². The van der Waals surface area contributed by atoms with Crippen molar-refractivity contribution in [3.8, 4) is 0 Å². The molecule has 1 spiro atoms. The Labute approximate surface area is 170 Å². The first-order chi connectivity index (χ1) is 13.8. The van der Waals surface area contributed by atoms with E-state index in [4.69, 9.17) is 9.02 Å². The Balaban J connectivity index is 1.27. The van der Waals surface area contributed by atoms with Crippen LogP contribution in [0.2, 0.25) is 0 Å². The summed E-state index contributed by atoms with van der Waals surface area (Å²) in [6.45, 7) is -0.0439. The van der Waals surface area contributed by atoms with E-state index in [0.717, 1.165) is 18.3 Å². The topological polar surface area (TPSA) is 99.0 Å². The molecule has 5 fully saturated rings. The molecule has 4 aliphatic carbocycles. The van der Waals surface area contributed by atoms with Gasteiger partial charge in [-0.05, 0) is 74.3 Å². The van der Waals surface area contributed by atoms with E-state index in [2.05, 4.69) is 0 Å². The number of nitro groups is 1. The van der Waals surface area contributed by atoms with Crippen molar-refractivity contribution >= 4 is 15.8 Å². The summed E-state index contributed by atoms with van der Waals surface area (Å²) in [5.74, 6) is 2.96. The quantitative estimate of drug-likeness (QED) is 0.408. The van der Waals surface area contributed by atoms with Crippen LogP contribution in [0.1, 0.15) is 38.5 Å². The number of hydroxylamine groups is 2. The molecule has 1 heterocycles. The van der Waals surface area contributed by atoms with Gasteiger partial charge in [-0.2, -0.15) is 13.5 Å². The lowest BCUT2D eigenvalue weighted by atomic mass is 9.47. The number of non-ortho nitro benzene ring substituents is 1. The molecule has 0 radical (unpaired) electrons. The summed E-state index contributed by atoms with van der Waals surface area (Å²) in [6, 6.07) is 4.74. The van der Waals surface area contributed by atoms with E-state index in [-0.39, 0.29) is 28.8 Å². The second-order valence-electron chi connectivity index (χ2n) is 9.21. The molecule has 9 heteroatoms. The molecule has 0 N–H and O–H groups in total. The van der Waals surface area contributed by atoms with Crippen molar-refractivity contribution in [3.05, 3.63) is 34.4 Å². The Bertz CT molecular complexity index is 887. The largest absolute Gasteiger partial charge is 0.297 e. The number of rotatable bonds is 5. The van der Waals surface area contributed by atoms with Crippen LogP contribution in [0.15, 0.2) is 29.2 Å². The zero-order valence-corrected chi connectivity index (χ0v) is 17.2. The minimum atomic E-state index is -3.99. The third kappa shape index (κ3) is 3.10. The molecule has 1 aromatic rings. The molecule has 0 amide bonds. The molecule has 158 valence electrons. The molecule has 4 bridgehead atoms. The van der Waals surface area contributed by atoms with Gasteiger partial charge in [0.1, 0.15) is 6.10 Å². The minimum Gasteiger partial charge on any atom is -0.293 e. The predicted molar refractivity (Wildman–Crippen MR) is 103 cm³/mol. The van der Waals surface area contributed by atoms with Crippen LogP contribution in [0.3, 0.4) is 0 Å². The molecule has 29 heavy (non-hydrogen) atoms. The average molecular weight is 423 g/mol. The van der Waals surface area contributed by atoms with E-state index in [0.29, 0.717) is 11.8 Å². The number of nitrogens with zero attached hydrogens (tertiary/aromatic N) is 2. The summed E-state index contributed by atoms with van der Waals surface area (Å²) in [5, 5.41) is 12.8. The van der Waals surface area contributed by atoms with Gasteiger partial charge < -0.3 is 0 Å². The SMILES string of the molecule is CN1O[C@H](COS(=O)(=O)c2ccc([N+](=O)[O-])cc2)CC12C1CC3CC(C1)CC2C3. The van der Waals surface area contributed by atoms with E-state index in [1.807, 2.05) is 12.1 Å². The number of hydrogen-bond acceptors (Lipinski definition) is 7. The average Bonchev–Trinajstić information content (AvgIpc) is 3.01. The summed E-state index contributed by atoms with van der Waals surface area (Å²) in [7, 11) is -2.00. The van der Waals surface area contributed by atoms with Gasteiger partial charge in [-0.3, -0.25) is 19.1 Å². The second kappa shape index (κ2) is 6.73. The van der Waals surface area contributed by atoms with Crippen molar-refractivity contribution < 1.29 is 22.4 Å². The van der Waals surface area contributed by atoms with Crippen LogP contribution >= 0.6 is 0 Å². The third-order valence-electron chi connectivity index (χ3n) is 7.75. The maximum absolute atomic E-state index is 12.5. The van der Waals surface area contributed by atoms with Crippen LogP contribution in [0.4, 0.5) is 5.69 Å². The van der Waals surface area contributed by atoms with Crippen molar-refractivity contribution in [3.63, 3.8) is 0 Å². The van der Waals surface area contributed by atoms with Gasteiger partial charge in [0.2, 0.25) is 0 Å². The second-order valence-corrected chi connectivity index (χ2v) is 10.8. The fraction of sp³-hybridized carbons (Fsp3) is 0.700. The Kier molecular flexibility index (Phi) is 4.51. The minimum absolute atomic E-state index is 0.0125. The van der Waals surface area contributed by atoms with E-state index < -0.39 is 15.0 Å². The normalized spacial score (nSPS) is 38.7. The lowest BCUT2D eigenvalue weighted by Crippen LogP contribution is -2.62. The molecule has 8 nitrogen and oxygen atoms in total. The first-order valence-corrected chi connectivity index (χ1v) is 11.7. The highest BCUT2D eigenvalue weighted by Crippen LogP contribution is 2.62. The third-order valence-corrected chi connectivity index (χ3v) is 9.04. The van der Waals surface area contributed by atoms with E-state index in [1.54, 1.807) is 0 Å². The highest BCUT2D eigenvalue weighted by molar-refractivity contribution is 7.86. The number of benzene rings is 1. The zero-order chi connectivity index (χ0) is 20.4. The molecule has 1 aliphatic heterocycles. The van der Waals surface area contributed by atoms with Crippen molar-refractivity contribution in [1.82, 2.24) is 5.06 Å². The van der Waals surface area contributed by atoms with Gasteiger partial charge in [0.25, 0.3) is 15.8 Å². The van der Waals surface area contributed by atoms with Gasteiger partial charge in [0.15, 0.2) is 0 Å². The standard InChI is InChI=1S/C20H26N2O6S/c1-21-20(15-7-13-6-14(9-15)10-16(20)8-13)11-18(28-21)12-27-29(25,26)19-4-2-17(3-5-19)22(23)24/h2-5,13-16,18H,6-12H2,1H3/t13?,14?,15?,16?,18-,20?/m0/s1. The van der Waals surface area contributed by atoms with Crippen LogP contribution in [0, 0.1) is 33.8 Å². The zero-order valence-electron chi connectivity index (χ0n) is 16.4. The molecule has 5 aliphatic rings. The monoisotopic (exact) mass is 422 g/mol. The van der Waals surface area contributed by atoms with Gasteiger partial charge in [0.05, 0.1) is 22.0 Å². The number of nitro benzene ring substituents is 1. The maximum Gasteiger partial charge on any atom is 0.297 e. The van der Waals surface area contributed by atoms with Crippen molar-refractivity contribution in [2.75, 3.05) is 13.7 Å². The van der Waals surface area contributed by atoms with Gasteiger partial charge in [-0.15, -0.1) is 0 Å². The summed E-state index contributed by atoms with van der Waals surface area (Å²) < 4.78 is 30.3. The van der Waals surface area contributed by atoms with Gasteiger partial charge in [-0.25, -0.2) is 0 Å². The Morgan fingerprint density at radius 2 is 1.72 bits per heavy atom. The Morgan fingerprint density at radius 3 is 2.28 bits per heavy atom. The van der Waals surface area contributed by atoms with Crippen molar-refractivity contribution in [2.24, 2.45) is 23.7 Å². The molecule has 4 saturated carbocycles. The first-order valence-electron chi connectivity index (χ1n) is 10.3. The van der Waals surface area contributed by atoms with Gasteiger partial charge in [-0.1, -0.05) is 0 Å². The summed E-state index contributed by atoms with van der Waals surface area (Å²) in [6.07, 6.45) is 6.92. The Morgan fingerprint density at radius 1 is 1.14 bits per heavy atom. The first kappa shape index (κ1) is 19.4. The summed E-state index contributed by atoms with van der Waals surface area (Å²) in [4.78, 5) is 16.2. The predicted octanol–water partition coefficient (Wildman–Crippen LogP) is 3.13. The highest BCUT2D eigenvalue weighted by atomic mass is 32.2. The summed E-state index contributed by atoms with van der Waals surface area (Å²) >= 11 is 0. The van der Waals surface area contributed by atoms with Crippen LogP contribution in [-0.4, -0.2) is 43.7 Å². The van der Waals surface area contributed by atoms with Crippen molar-refractivity contribution in [1.29, 1.82) is 0 Å². The fourth-order valence-corrected chi connectivity index (χ4v) is 7.69. The summed E-state index contributed by atoms with van der Waals surface area (Å²) in [5.41, 5.74) is -0.146. The molecule has 1 aromatic carbocycles. The van der Waals surface area contributed by atoms with Crippen LogP contribution in [0.5, 0.6) is 0 Å².